The second-order valence-corrected chi connectivity index (χ2v) is 5.12. The number of carboxylic acids is 1. The lowest BCUT2D eigenvalue weighted by atomic mass is 9.93. The molecule has 1 unspecified atom stereocenters. The molecule has 0 saturated carbocycles. The van der Waals surface area contributed by atoms with Gasteiger partial charge in [0.05, 0.1) is 6.54 Å². The van der Waals surface area contributed by atoms with Gasteiger partial charge in [0.25, 0.3) is 0 Å². The summed E-state index contributed by atoms with van der Waals surface area (Å²) in [5.74, 6) is -0.691. The van der Waals surface area contributed by atoms with Crippen LogP contribution < -0.4 is 0 Å². The molecule has 1 aromatic rings. The van der Waals surface area contributed by atoms with E-state index in [9.17, 15) is 9.90 Å². The molecule has 1 N–H and O–H groups in total. The van der Waals surface area contributed by atoms with Crippen LogP contribution in [0.25, 0.3) is 0 Å². The lowest BCUT2D eigenvalue weighted by molar-refractivity contribution is -0.150. The van der Waals surface area contributed by atoms with E-state index < -0.39 is 11.5 Å². The maximum absolute atomic E-state index is 11.4. The van der Waals surface area contributed by atoms with E-state index in [4.69, 9.17) is 0 Å². The zero-order valence-electron chi connectivity index (χ0n) is 9.35. The average Bonchev–Trinajstić information content (AvgIpc) is 2.88. The molecule has 0 bridgehead atoms. The van der Waals surface area contributed by atoms with E-state index >= 15 is 0 Å². The minimum absolute atomic E-state index is 0.660. The molecule has 1 fully saturated rings. The number of carbonyl (C=O) groups is 1. The van der Waals surface area contributed by atoms with Crippen LogP contribution in [0.4, 0.5) is 0 Å². The van der Waals surface area contributed by atoms with Gasteiger partial charge < -0.3 is 5.11 Å². The summed E-state index contributed by atoms with van der Waals surface area (Å²) in [7, 11) is 0. The summed E-state index contributed by atoms with van der Waals surface area (Å²) in [6.45, 7) is 3.48. The lowest BCUT2D eigenvalue weighted by Crippen LogP contribution is -2.49. The topological polar surface area (TPSA) is 53.4 Å². The normalized spacial score (nSPS) is 26.1. The molecule has 1 atom stereocenters. The zero-order valence-corrected chi connectivity index (χ0v) is 10.2. The van der Waals surface area contributed by atoms with Gasteiger partial charge >= 0.3 is 5.97 Å². The Balaban J connectivity index is 2.16. The van der Waals surface area contributed by atoms with Crippen LogP contribution in [-0.2, 0) is 11.3 Å². The first-order valence-electron chi connectivity index (χ1n) is 5.56. The van der Waals surface area contributed by atoms with E-state index in [1.165, 1.54) is 0 Å². The number of thiazole rings is 1. The van der Waals surface area contributed by atoms with Crippen LogP contribution in [0.2, 0.25) is 0 Å². The zero-order chi connectivity index (χ0) is 11.6. The first kappa shape index (κ1) is 11.5. The number of hydrogen-bond acceptors (Lipinski definition) is 4. The van der Waals surface area contributed by atoms with Gasteiger partial charge in [-0.15, -0.1) is 11.3 Å². The highest BCUT2D eigenvalue weighted by atomic mass is 32.1. The van der Waals surface area contributed by atoms with Crippen molar-refractivity contribution in [3.63, 3.8) is 0 Å². The number of hydrogen-bond donors (Lipinski definition) is 1. The molecular formula is C11H16N2O2S. The Hall–Kier alpha value is -0.940. The van der Waals surface area contributed by atoms with Crippen molar-refractivity contribution in [2.45, 2.75) is 38.3 Å². The third kappa shape index (κ3) is 1.85. The fourth-order valence-corrected chi connectivity index (χ4v) is 3.08. The van der Waals surface area contributed by atoms with Crippen LogP contribution in [-0.4, -0.2) is 33.0 Å². The van der Waals surface area contributed by atoms with Crippen LogP contribution in [0, 0.1) is 0 Å². The first-order valence-corrected chi connectivity index (χ1v) is 6.44. The molecule has 16 heavy (non-hydrogen) atoms. The Morgan fingerprint density at radius 2 is 2.56 bits per heavy atom. The van der Waals surface area contributed by atoms with E-state index in [1.807, 2.05) is 12.3 Å². The van der Waals surface area contributed by atoms with E-state index in [2.05, 4.69) is 9.88 Å². The molecule has 1 aliphatic heterocycles. The van der Waals surface area contributed by atoms with Gasteiger partial charge in [-0.1, -0.05) is 6.92 Å². The molecule has 0 radical (unpaired) electrons. The predicted octanol–water partition coefficient (Wildman–Crippen LogP) is 1.97. The van der Waals surface area contributed by atoms with Crippen LogP contribution in [0.15, 0.2) is 11.6 Å². The second kappa shape index (κ2) is 4.51. The summed E-state index contributed by atoms with van der Waals surface area (Å²) in [6, 6.07) is 0. The van der Waals surface area contributed by atoms with Gasteiger partial charge in [-0.25, -0.2) is 4.98 Å². The monoisotopic (exact) mass is 240 g/mol. The van der Waals surface area contributed by atoms with Gasteiger partial charge in [0.2, 0.25) is 0 Å². The Kier molecular flexibility index (Phi) is 3.25. The van der Waals surface area contributed by atoms with E-state index in [0.717, 1.165) is 24.4 Å². The quantitative estimate of drug-likeness (QED) is 0.874. The third-order valence-electron chi connectivity index (χ3n) is 3.42. The van der Waals surface area contributed by atoms with Crippen molar-refractivity contribution in [3.8, 4) is 0 Å². The first-order chi connectivity index (χ1) is 7.69. The summed E-state index contributed by atoms with van der Waals surface area (Å²) >= 11 is 1.59. The number of likely N-dealkylation sites (tertiary alicyclic amines) is 1. The fraction of sp³-hybridized carbons (Fsp3) is 0.636. The number of carboxylic acid groups (broad SMARTS) is 1. The summed E-state index contributed by atoms with van der Waals surface area (Å²) in [6.07, 6.45) is 4.15. The summed E-state index contributed by atoms with van der Waals surface area (Å²) in [5.41, 5.74) is -0.661. The highest BCUT2D eigenvalue weighted by molar-refractivity contribution is 7.09. The maximum Gasteiger partial charge on any atom is 0.324 e. The minimum Gasteiger partial charge on any atom is -0.480 e. The molecule has 1 aliphatic rings. The van der Waals surface area contributed by atoms with Gasteiger partial charge in [-0.3, -0.25) is 9.69 Å². The van der Waals surface area contributed by atoms with Gasteiger partial charge in [-0.05, 0) is 25.8 Å². The molecule has 2 rings (SSSR count). The van der Waals surface area contributed by atoms with Crippen molar-refractivity contribution in [1.29, 1.82) is 0 Å². The number of aromatic nitrogens is 1. The van der Waals surface area contributed by atoms with E-state index in [0.29, 0.717) is 13.0 Å². The molecule has 1 aromatic heterocycles. The molecule has 88 valence electrons. The van der Waals surface area contributed by atoms with Crippen molar-refractivity contribution in [3.05, 3.63) is 16.6 Å². The van der Waals surface area contributed by atoms with Crippen molar-refractivity contribution in [2.75, 3.05) is 6.54 Å². The van der Waals surface area contributed by atoms with Crippen LogP contribution in [0.3, 0.4) is 0 Å². The largest absolute Gasteiger partial charge is 0.480 e. The van der Waals surface area contributed by atoms with Crippen molar-refractivity contribution >= 4 is 17.3 Å². The smallest absolute Gasteiger partial charge is 0.324 e. The maximum atomic E-state index is 11.4. The van der Waals surface area contributed by atoms with E-state index in [-0.39, 0.29) is 0 Å². The molecule has 0 amide bonds. The lowest BCUT2D eigenvalue weighted by Gasteiger charge is -2.33. The van der Waals surface area contributed by atoms with Crippen LogP contribution in [0.1, 0.15) is 31.2 Å². The summed E-state index contributed by atoms with van der Waals surface area (Å²) < 4.78 is 0. The molecule has 1 saturated heterocycles. The number of nitrogens with zero attached hydrogens (tertiary/aromatic N) is 2. The number of aliphatic carboxylic acids is 1. The fourth-order valence-electron chi connectivity index (χ4n) is 2.45. The summed E-state index contributed by atoms with van der Waals surface area (Å²) in [5, 5.41) is 12.3. The van der Waals surface area contributed by atoms with Crippen molar-refractivity contribution < 1.29 is 9.90 Å². The molecule has 0 aliphatic carbocycles. The Morgan fingerprint density at radius 1 is 1.75 bits per heavy atom. The Bertz CT molecular complexity index is 366. The van der Waals surface area contributed by atoms with Gasteiger partial charge in [0.15, 0.2) is 0 Å². The van der Waals surface area contributed by atoms with E-state index in [1.54, 1.807) is 17.5 Å². The van der Waals surface area contributed by atoms with Crippen LogP contribution in [0.5, 0.6) is 0 Å². The highest BCUT2D eigenvalue weighted by Crippen LogP contribution is 2.34. The third-order valence-corrected chi connectivity index (χ3v) is 4.18. The SMILES string of the molecule is CCC1(C(=O)O)CCCN1Cc1nccs1. The minimum atomic E-state index is -0.691. The molecule has 0 aromatic carbocycles. The average molecular weight is 240 g/mol. The van der Waals surface area contributed by atoms with Gasteiger partial charge in [-0.2, -0.15) is 0 Å². The molecule has 2 heterocycles. The second-order valence-electron chi connectivity index (χ2n) is 4.14. The molecular weight excluding hydrogens is 224 g/mol. The Morgan fingerprint density at radius 3 is 3.12 bits per heavy atom. The molecule has 4 nitrogen and oxygen atoms in total. The van der Waals surface area contributed by atoms with Crippen LogP contribution >= 0.6 is 11.3 Å². The number of rotatable bonds is 4. The van der Waals surface area contributed by atoms with Crippen molar-refractivity contribution in [2.24, 2.45) is 0 Å². The summed E-state index contributed by atoms with van der Waals surface area (Å²) in [4.78, 5) is 17.7. The molecule has 5 heteroatoms. The highest BCUT2D eigenvalue weighted by Gasteiger charge is 2.46. The van der Waals surface area contributed by atoms with Gasteiger partial charge in [0, 0.05) is 11.6 Å². The molecule has 0 spiro atoms. The van der Waals surface area contributed by atoms with Crippen molar-refractivity contribution in [1.82, 2.24) is 9.88 Å². The van der Waals surface area contributed by atoms with Gasteiger partial charge in [0.1, 0.15) is 10.5 Å². The Labute approximate surface area is 98.9 Å². The standard InChI is InChI=1S/C11H16N2O2S/c1-2-11(10(14)15)4-3-6-13(11)8-9-12-5-7-16-9/h5,7H,2-4,6,8H2,1H3,(H,14,15). The predicted molar refractivity (Wildman–Crippen MR) is 62.4 cm³/mol.